The lowest BCUT2D eigenvalue weighted by atomic mass is 10.1. The van der Waals surface area contributed by atoms with Crippen LogP contribution in [0.25, 0.3) is 0 Å². The number of likely N-dealkylation sites (tertiary alicyclic amines) is 1. The molecule has 2 rings (SSSR count). The molecule has 1 aromatic carbocycles. The Morgan fingerprint density at radius 1 is 1.37 bits per heavy atom. The maximum atomic E-state index is 12.2. The number of aliphatic imine (C=N–C) groups is 1. The molecule has 152 valence electrons. The van der Waals surface area contributed by atoms with Crippen LogP contribution in [0.15, 0.2) is 29.3 Å². The van der Waals surface area contributed by atoms with E-state index in [0.717, 1.165) is 19.5 Å². The summed E-state index contributed by atoms with van der Waals surface area (Å²) < 4.78 is 45.6. The summed E-state index contributed by atoms with van der Waals surface area (Å²) in [6, 6.07) is 5.16. The van der Waals surface area contributed by atoms with E-state index < -0.39 is 12.5 Å². The summed E-state index contributed by atoms with van der Waals surface area (Å²) in [7, 11) is 1.68. The Morgan fingerprint density at radius 3 is 2.67 bits per heavy atom. The third-order valence-corrected chi connectivity index (χ3v) is 4.24. The molecule has 0 amide bonds. The lowest BCUT2D eigenvalue weighted by molar-refractivity contribution is -0.274. The van der Waals surface area contributed by atoms with Crippen LogP contribution in [0.3, 0.4) is 0 Å². The Bertz CT molecular complexity index is 608. The van der Waals surface area contributed by atoms with Crippen molar-refractivity contribution in [3.63, 3.8) is 0 Å². The summed E-state index contributed by atoms with van der Waals surface area (Å²) in [6.45, 7) is 5.16. The van der Waals surface area contributed by atoms with Gasteiger partial charge in [0.15, 0.2) is 5.96 Å². The van der Waals surface area contributed by atoms with Crippen LogP contribution in [0.5, 0.6) is 5.75 Å². The number of ether oxygens (including phenoxy) is 2. The lowest BCUT2D eigenvalue weighted by Gasteiger charge is -2.22. The maximum absolute atomic E-state index is 12.2. The molecule has 0 aromatic heterocycles. The number of nitrogens with one attached hydrogen (secondary N) is 1. The van der Waals surface area contributed by atoms with Gasteiger partial charge in [0.1, 0.15) is 5.75 Å². The molecule has 0 spiro atoms. The SMILES string of the molecule is CCNC(=NCC(O)c1ccc(OC(F)(F)F)cc1)N1CCC(COC)C1. The minimum Gasteiger partial charge on any atom is -0.406 e. The predicted octanol–water partition coefficient (Wildman–Crippen LogP) is 2.55. The van der Waals surface area contributed by atoms with Crippen LogP contribution < -0.4 is 10.1 Å². The van der Waals surface area contributed by atoms with Crippen molar-refractivity contribution < 1.29 is 27.8 Å². The standard InChI is InChI=1S/C18H26F3N3O3/c1-3-22-17(24-9-8-13(11-24)12-26-2)23-10-16(25)14-4-6-15(7-5-14)27-18(19,20)21/h4-7,13,16,25H,3,8-12H2,1-2H3,(H,22,23). The molecule has 2 unspecified atom stereocenters. The monoisotopic (exact) mass is 389 g/mol. The van der Waals surface area contributed by atoms with Gasteiger partial charge in [-0.15, -0.1) is 13.2 Å². The first-order valence-corrected chi connectivity index (χ1v) is 8.88. The molecule has 0 bridgehead atoms. The van der Waals surface area contributed by atoms with Crippen molar-refractivity contribution in [2.75, 3.05) is 39.9 Å². The van der Waals surface area contributed by atoms with Crippen LogP contribution in [0.1, 0.15) is 25.0 Å². The van der Waals surface area contributed by atoms with Crippen molar-refractivity contribution in [1.29, 1.82) is 0 Å². The highest BCUT2D eigenvalue weighted by Gasteiger charge is 2.31. The zero-order valence-electron chi connectivity index (χ0n) is 15.5. The summed E-state index contributed by atoms with van der Waals surface area (Å²) in [5.41, 5.74) is 0.475. The fourth-order valence-corrected chi connectivity index (χ4v) is 2.99. The van der Waals surface area contributed by atoms with Gasteiger partial charge >= 0.3 is 6.36 Å². The second-order valence-electron chi connectivity index (χ2n) is 6.38. The number of rotatable bonds is 7. The average Bonchev–Trinajstić information content (AvgIpc) is 3.06. The number of hydrogen-bond donors (Lipinski definition) is 2. The molecule has 1 aliphatic rings. The van der Waals surface area contributed by atoms with E-state index >= 15 is 0 Å². The van der Waals surface area contributed by atoms with Crippen molar-refractivity contribution in [2.24, 2.45) is 10.9 Å². The van der Waals surface area contributed by atoms with Gasteiger partial charge in [-0.1, -0.05) is 12.1 Å². The Hall–Kier alpha value is -2.00. The number of aliphatic hydroxyl groups is 1. The number of guanidine groups is 1. The van der Waals surface area contributed by atoms with E-state index in [9.17, 15) is 18.3 Å². The summed E-state index contributed by atoms with van der Waals surface area (Å²) in [5.74, 6) is 0.841. The number of hydrogen-bond acceptors (Lipinski definition) is 4. The number of nitrogens with zero attached hydrogens (tertiary/aromatic N) is 2. The summed E-state index contributed by atoms with van der Waals surface area (Å²) in [5, 5.41) is 13.5. The first-order chi connectivity index (χ1) is 12.8. The molecule has 1 heterocycles. The quantitative estimate of drug-likeness (QED) is 0.554. The van der Waals surface area contributed by atoms with E-state index in [1.165, 1.54) is 24.3 Å². The summed E-state index contributed by atoms with van der Waals surface area (Å²) in [6.07, 6.45) is -4.64. The molecule has 27 heavy (non-hydrogen) atoms. The molecule has 0 saturated carbocycles. The zero-order chi connectivity index (χ0) is 19.9. The van der Waals surface area contributed by atoms with E-state index in [-0.39, 0.29) is 12.3 Å². The van der Waals surface area contributed by atoms with Gasteiger partial charge in [-0.05, 0) is 31.0 Å². The largest absolute Gasteiger partial charge is 0.573 e. The van der Waals surface area contributed by atoms with Crippen molar-refractivity contribution in [2.45, 2.75) is 25.8 Å². The fourth-order valence-electron chi connectivity index (χ4n) is 2.99. The zero-order valence-corrected chi connectivity index (χ0v) is 15.5. The number of alkyl halides is 3. The van der Waals surface area contributed by atoms with Gasteiger partial charge in [-0.25, -0.2) is 0 Å². The van der Waals surface area contributed by atoms with Crippen molar-refractivity contribution >= 4 is 5.96 Å². The van der Waals surface area contributed by atoms with Gasteiger partial charge < -0.3 is 24.8 Å². The van der Waals surface area contributed by atoms with E-state index in [0.29, 0.717) is 30.6 Å². The van der Waals surface area contributed by atoms with Gasteiger partial charge in [-0.2, -0.15) is 0 Å². The van der Waals surface area contributed by atoms with E-state index in [4.69, 9.17) is 4.74 Å². The topological polar surface area (TPSA) is 66.3 Å². The van der Waals surface area contributed by atoms with Crippen LogP contribution in [0, 0.1) is 5.92 Å². The molecule has 2 atom stereocenters. The van der Waals surface area contributed by atoms with Gasteiger partial charge in [0, 0.05) is 32.7 Å². The first-order valence-electron chi connectivity index (χ1n) is 8.88. The molecular weight excluding hydrogens is 363 g/mol. The molecule has 2 N–H and O–H groups in total. The molecule has 0 radical (unpaired) electrons. The first kappa shape index (κ1) is 21.3. The van der Waals surface area contributed by atoms with Crippen LogP contribution in [-0.4, -0.2) is 62.2 Å². The Kier molecular flexibility index (Phi) is 7.73. The third-order valence-electron chi connectivity index (χ3n) is 4.24. The number of methoxy groups -OCH3 is 1. The molecule has 6 nitrogen and oxygen atoms in total. The Labute approximate surface area is 157 Å². The highest BCUT2D eigenvalue weighted by molar-refractivity contribution is 5.80. The van der Waals surface area contributed by atoms with Crippen molar-refractivity contribution in [1.82, 2.24) is 10.2 Å². The predicted molar refractivity (Wildman–Crippen MR) is 95.6 cm³/mol. The molecular formula is C18H26F3N3O3. The number of halogens is 3. The van der Waals surface area contributed by atoms with E-state index in [2.05, 4.69) is 19.9 Å². The Morgan fingerprint density at radius 2 is 2.07 bits per heavy atom. The lowest BCUT2D eigenvalue weighted by Crippen LogP contribution is -2.40. The normalized spacial score (nSPS) is 19.3. The smallest absolute Gasteiger partial charge is 0.406 e. The minimum absolute atomic E-state index is 0.104. The average molecular weight is 389 g/mol. The Balaban J connectivity index is 1.96. The molecule has 1 aromatic rings. The minimum atomic E-state index is -4.73. The molecule has 0 aliphatic carbocycles. The second-order valence-corrected chi connectivity index (χ2v) is 6.38. The van der Waals surface area contributed by atoms with Gasteiger partial charge in [0.2, 0.25) is 0 Å². The van der Waals surface area contributed by atoms with Crippen molar-refractivity contribution in [3.05, 3.63) is 29.8 Å². The second kappa shape index (κ2) is 9.80. The van der Waals surface area contributed by atoms with E-state index in [1.54, 1.807) is 7.11 Å². The van der Waals surface area contributed by atoms with Crippen LogP contribution >= 0.6 is 0 Å². The van der Waals surface area contributed by atoms with Gasteiger partial charge in [0.25, 0.3) is 0 Å². The summed E-state index contributed by atoms with van der Waals surface area (Å²) >= 11 is 0. The maximum Gasteiger partial charge on any atom is 0.573 e. The van der Waals surface area contributed by atoms with Crippen LogP contribution in [0.2, 0.25) is 0 Å². The molecule has 9 heteroatoms. The van der Waals surface area contributed by atoms with Gasteiger partial charge in [-0.3, -0.25) is 4.99 Å². The highest BCUT2D eigenvalue weighted by atomic mass is 19.4. The third kappa shape index (κ3) is 6.91. The number of aliphatic hydroxyl groups excluding tert-OH is 1. The summed E-state index contributed by atoms with van der Waals surface area (Å²) in [4.78, 5) is 6.60. The van der Waals surface area contributed by atoms with Crippen molar-refractivity contribution in [3.8, 4) is 5.75 Å². The van der Waals surface area contributed by atoms with E-state index in [1.807, 2.05) is 6.92 Å². The molecule has 1 aliphatic heterocycles. The fraction of sp³-hybridized carbons (Fsp3) is 0.611. The van der Waals surface area contributed by atoms with Crippen LogP contribution in [0.4, 0.5) is 13.2 Å². The number of benzene rings is 1. The molecule has 1 saturated heterocycles. The highest BCUT2D eigenvalue weighted by Crippen LogP contribution is 2.24. The van der Waals surface area contributed by atoms with Gasteiger partial charge in [0.05, 0.1) is 19.3 Å². The van der Waals surface area contributed by atoms with Crippen LogP contribution in [-0.2, 0) is 4.74 Å². The molecule has 1 fully saturated rings.